The Morgan fingerprint density at radius 3 is 2.46 bits per heavy atom. The van der Waals surface area contributed by atoms with Gasteiger partial charge in [-0.25, -0.2) is 0 Å². The molecule has 3 aromatic carbocycles. The zero-order valence-electron chi connectivity index (χ0n) is 18.9. The SMILES string of the molecule is CC(C)Oc1ccccc1C1CC(=O)Oc2cc(O)c3c(=O)cc(-c4ccc(O)c(O)c4)oc3c21. The average Bonchev–Trinajstić information content (AvgIpc) is 2.79. The number of ether oxygens (including phenoxy) is 2. The van der Waals surface area contributed by atoms with E-state index in [0.717, 1.165) is 0 Å². The molecule has 3 N–H and O–H groups in total. The van der Waals surface area contributed by atoms with Gasteiger partial charge in [-0.15, -0.1) is 0 Å². The van der Waals surface area contributed by atoms with E-state index in [-0.39, 0.29) is 52.3 Å². The van der Waals surface area contributed by atoms with E-state index in [4.69, 9.17) is 13.9 Å². The third kappa shape index (κ3) is 3.93. The third-order valence-electron chi connectivity index (χ3n) is 5.84. The number of hydrogen-bond donors (Lipinski definition) is 3. The van der Waals surface area contributed by atoms with Crippen molar-refractivity contribution < 1.29 is 34.0 Å². The highest BCUT2D eigenvalue weighted by Crippen LogP contribution is 2.48. The lowest BCUT2D eigenvalue weighted by molar-refractivity contribution is -0.135. The van der Waals surface area contributed by atoms with Crippen LogP contribution in [0.25, 0.3) is 22.3 Å². The maximum Gasteiger partial charge on any atom is 0.312 e. The molecule has 1 atom stereocenters. The number of phenols is 3. The minimum absolute atomic E-state index is 0.0285. The van der Waals surface area contributed by atoms with Crippen molar-refractivity contribution in [3.63, 3.8) is 0 Å². The molecule has 0 fully saturated rings. The topological polar surface area (TPSA) is 126 Å². The maximum absolute atomic E-state index is 13.1. The van der Waals surface area contributed by atoms with Gasteiger partial charge >= 0.3 is 5.97 Å². The van der Waals surface area contributed by atoms with Crippen LogP contribution in [0.1, 0.15) is 37.3 Å². The van der Waals surface area contributed by atoms with Gasteiger partial charge in [-0.1, -0.05) is 18.2 Å². The molecule has 0 amide bonds. The van der Waals surface area contributed by atoms with Crippen LogP contribution in [-0.4, -0.2) is 27.4 Å². The molecule has 1 aliphatic rings. The predicted octanol–water partition coefficient (Wildman–Crippen LogP) is 4.81. The van der Waals surface area contributed by atoms with Crippen LogP contribution in [0, 0.1) is 0 Å². The second kappa shape index (κ2) is 8.39. The molecule has 0 saturated carbocycles. The molecule has 1 aliphatic heterocycles. The Morgan fingerprint density at radius 2 is 1.71 bits per heavy atom. The third-order valence-corrected chi connectivity index (χ3v) is 5.84. The summed E-state index contributed by atoms with van der Waals surface area (Å²) in [6.07, 6.45) is -0.145. The first-order chi connectivity index (χ1) is 16.7. The van der Waals surface area contributed by atoms with Crippen LogP contribution in [0.2, 0.25) is 0 Å². The van der Waals surface area contributed by atoms with E-state index < -0.39 is 17.3 Å². The monoisotopic (exact) mass is 474 g/mol. The Hall–Kier alpha value is -4.46. The van der Waals surface area contributed by atoms with Gasteiger partial charge in [-0.05, 0) is 38.1 Å². The van der Waals surface area contributed by atoms with Gasteiger partial charge in [0.05, 0.1) is 12.5 Å². The molecular weight excluding hydrogens is 452 g/mol. The molecule has 1 unspecified atom stereocenters. The summed E-state index contributed by atoms with van der Waals surface area (Å²) in [5.74, 6) is -1.38. The molecule has 0 aliphatic carbocycles. The van der Waals surface area contributed by atoms with Gasteiger partial charge in [0.1, 0.15) is 34.0 Å². The van der Waals surface area contributed by atoms with E-state index >= 15 is 0 Å². The van der Waals surface area contributed by atoms with Gasteiger partial charge in [0.25, 0.3) is 0 Å². The lowest BCUT2D eigenvalue weighted by Crippen LogP contribution is -2.22. The molecule has 8 heteroatoms. The summed E-state index contributed by atoms with van der Waals surface area (Å²) in [6.45, 7) is 3.79. The number of carbonyl (C=O) groups excluding carboxylic acids is 1. The minimum Gasteiger partial charge on any atom is -0.507 e. The number of para-hydroxylation sites is 1. The highest BCUT2D eigenvalue weighted by Gasteiger charge is 2.35. The molecule has 0 bridgehead atoms. The Labute approximate surface area is 199 Å². The fourth-order valence-corrected chi connectivity index (χ4v) is 4.37. The van der Waals surface area contributed by atoms with Crippen molar-refractivity contribution in [2.24, 2.45) is 0 Å². The largest absolute Gasteiger partial charge is 0.507 e. The first kappa shape index (κ1) is 22.3. The average molecular weight is 474 g/mol. The van der Waals surface area contributed by atoms with Crippen LogP contribution >= 0.6 is 0 Å². The molecule has 8 nitrogen and oxygen atoms in total. The Kier molecular flexibility index (Phi) is 5.36. The Balaban J connectivity index is 1.80. The molecule has 35 heavy (non-hydrogen) atoms. The Morgan fingerprint density at radius 1 is 0.943 bits per heavy atom. The van der Waals surface area contributed by atoms with Gasteiger partial charge < -0.3 is 29.2 Å². The van der Waals surface area contributed by atoms with Crippen LogP contribution in [-0.2, 0) is 4.79 Å². The molecule has 0 spiro atoms. The summed E-state index contributed by atoms with van der Waals surface area (Å²) in [6, 6.07) is 13.8. The lowest BCUT2D eigenvalue weighted by atomic mass is 9.84. The number of fused-ring (bicyclic) bond motifs is 3. The molecule has 5 rings (SSSR count). The quantitative estimate of drug-likeness (QED) is 0.219. The van der Waals surface area contributed by atoms with Gasteiger partial charge in [-0.3, -0.25) is 9.59 Å². The Bertz CT molecular complexity index is 1530. The van der Waals surface area contributed by atoms with Crippen LogP contribution < -0.4 is 14.9 Å². The van der Waals surface area contributed by atoms with E-state index in [1.165, 1.54) is 30.3 Å². The molecule has 178 valence electrons. The number of benzene rings is 3. The molecule has 1 aromatic heterocycles. The van der Waals surface area contributed by atoms with Crippen molar-refractivity contribution in [1.82, 2.24) is 0 Å². The van der Waals surface area contributed by atoms with E-state index in [1.807, 2.05) is 32.0 Å². The van der Waals surface area contributed by atoms with E-state index in [2.05, 4.69) is 0 Å². The second-order valence-electron chi connectivity index (χ2n) is 8.63. The standard InChI is InChI=1S/C27H22O8/c1-13(2)33-21-6-4-3-5-15(21)16-10-24(32)34-23-12-20(31)26-19(30)11-22(35-27(26)25(16)23)14-7-8-17(28)18(29)9-14/h3-9,11-13,16,28-29,31H,10H2,1-2H3. The van der Waals surface area contributed by atoms with Crippen molar-refractivity contribution >= 4 is 16.9 Å². The molecule has 4 aromatic rings. The van der Waals surface area contributed by atoms with Crippen molar-refractivity contribution in [2.45, 2.75) is 32.3 Å². The molecular formula is C27H22O8. The predicted molar refractivity (Wildman–Crippen MR) is 127 cm³/mol. The molecule has 0 radical (unpaired) electrons. The number of esters is 1. The highest BCUT2D eigenvalue weighted by molar-refractivity contribution is 5.93. The lowest BCUT2D eigenvalue weighted by Gasteiger charge is -2.27. The summed E-state index contributed by atoms with van der Waals surface area (Å²) in [5, 5.41) is 30.1. The summed E-state index contributed by atoms with van der Waals surface area (Å²) >= 11 is 0. The number of rotatable bonds is 4. The van der Waals surface area contributed by atoms with E-state index in [1.54, 1.807) is 6.07 Å². The van der Waals surface area contributed by atoms with Gasteiger partial charge in [0.2, 0.25) is 0 Å². The van der Waals surface area contributed by atoms with Crippen LogP contribution in [0.4, 0.5) is 0 Å². The number of hydrogen-bond acceptors (Lipinski definition) is 8. The van der Waals surface area contributed by atoms with Gasteiger partial charge in [-0.2, -0.15) is 0 Å². The van der Waals surface area contributed by atoms with Crippen molar-refractivity contribution in [3.8, 4) is 40.1 Å². The fourth-order valence-electron chi connectivity index (χ4n) is 4.37. The van der Waals surface area contributed by atoms with Gasteiger partial charge in [0.15, 0.2) is 16.9 Å². The summed E-state index contributed by atoms with van der Waals surface area (Å²) in [4.78, 5) is 25.6. The summed E-state index contributed by atoms with van der Waals surface area (Å²) in [5.41, 5.74) is 1.02. The number of aromatic hydroxyl groups is 3. The maximum atomic E-state index is 13.1. The van der Waals surface area contributed by atoms with E-state index in [0.29, 0.717) is 22.4 Å². The van der Waals surface area contributed by atoms with Crippen LogP contribution in [0.15, 0.2) is 63.8 Å². The zero-order valence-corrected chi connectivity index (χ0v) is 18.9. The molecule has 2 heterocycles. The number of carbonyl (C=O) groups is 1. The highest BCUT2D eigenvalue weighted by atomic mass is 16.5. The van der Waals surface area contributed by atoms with Crippen LogP contribution in [0.3, 0.4) is 0 Å². The zero-order chi connectivity index (χ0) is 24.9. The number of phenolic OH excluding ortho intramolecular Hbond substituents is 3. The fraction of sp³-hybridized carbons (Fsp3) is 0.185. The smallest absolute Gasteiger partial charge is 0.312 e. The van der Waals surface area contributed by atoms with Crippen molar-refractivity contribution in [1.29, 1.82) is 0 Å². The molecule has 0 saturated heterocycles. The minimum atomic E-state index is -0.573. The summed E-state index contributed by atoms with van der Waals surface area (Å²) in [7, 11) is 0. The van der Waals surface area contributed by atoms with Crippen molar-refractivity contribution in [2.75, 3.05) is 0 Å². The second-order valence-corrected chi connectivity index (χ2v) is 8.63. The first-order valence-corrected chi connectivity index (χ1v) is 11.0. The normalized spacial score (nSPS) is 15.2. The van der Waals surface area contributed by atoms with E-state index in [9.17, 15) is 24.9 Å². The van der Waals surface area contributed by atoms with Crippen molar-refractivity contribution in [3.05, 3.63) is 75.9 Å². The first-order valence-electron chi connectivity index (χ1n) is 11.0. The van der Waals surface area contributed by atoms with Crippen LogP contribution in [0.5, 0.6) is 28.7 Å². The summed E-state index contributed by atoms with van der Waals surface area (Å²) < 4.78 is 17.5. The van der Waals surface area contributed by atoms with Gasteiger partial charge in [0, 0.05) is 34.7 Å².